The van der Waals surface area contributed by atoms with Gasteiger partial charge in [0, 0.05) is 5.69 Å². The Hall–Kier alpha value is -1.42. The minimum Gasteiger partial charge on any atom is -0.380 e. The van der Waals surface area contributed by atoms with Crippen molar-refractivity contribution in [3.63, 3.8) is 0 Å². The van der Waals surface area contributed by atoms with Crippen molar-refractivity contribution in [3.8, 4) is 0 Å². The Kier molecular flexibility index (Phi) is 2.74. The van der Waals surface area contributed by atoms with Gasteiger partial charge in [-0.25, -0.2) is 0 Å². The number of benzene rings is 1. The molecule has 2 rings (SSSR count). The lowest BCUT2D eigenvalue weighted by molar-refractivity contribution is 1.12. The van der Waals surface area contributed by atoms with Gasteiger partial charge in [-0.2, -0.15) is 0 Å². The smallest absolute Gasteiger partial charge is 0.0671 e. The second kappa shape index (κ2) is 4.19. The van der Waals surface area contributed by atoms with E-state index < -0.39 is 0 Å². The van der Waals surface area contributed by atoms with Gasteiger partial charge in [-0.15, -0.1) is 5.10 Å². The van der Waals surface area contributed by atoms with Gasteiger partial charge in [0.05, 0.1) is 17.6 Å². The van der Waals surface area contributed by atoms with Crippen LogP contribution in [-0.2, 0) is 6.54 Å². The summed E-state index contributed by atoms with van der Waals surface area (Å²) in [5.74, 6) is 0. The van der Waals surface area contributed by atoms with E-state index in [9.17, 15) is 0 Å². The van der Waals surface area contributed by atoms with E-state index in [1.165, 1.54) is 17.1 Å². The van der Waals surface area contributed by atoms with E-state index in [2.05, 4.69) is 40.0 Å². The summed E-state index contributed by atoms with van der Waals surface area (Å²) in [7, 11) is 0. The van der Waals surface area contributed by atoms with E-state index in [0.717, 1.165) is 17.1 Å². The normalized spacial score (nSPS) is 10.1. The van der Waals surface area contributed by atoms with E-state index in [0.29, 0.717) is 0 Å². The second-order valence-electron chi connectivity index (χ2n) is 3.11. The van der Waals surface area contributed by atoms with Gasteiger partial charge < -0.3 is 5.32 Å². The molecule has 1 aromatic heterocycles. The van der Waals surface area contributed by atoms with Crippen LogP contribution in [0.15, 0.2) is 30.5 Å². The fourth-order valence-electron chi connectivity index (χ4n) is 1.21. The summed E-state index contributed by atoms with van der Waals surface area (Å²) in [5.41, 5.74) is 2.40. The molecule has 0 amide bonds. The molecule has 0 saturated heterocycles. The predicted molar refractivity (Wildman–Crippen MR) is 58.4 cm³/mol. The first-order valence-corrected chi connectivity index (χ1v) is 5.19. The molecular formula is C10H11N3S. The Balaban J connectivity index is 1.98. The Morgan fingerprint density at radius 3 is 3.07 bits per heavy atom. The Labute approximate surface area is 87.0 Å². The van der Waals surface area contributed by atoms with Crippen molar-refractivity contribution in [2.24, 2.45) is 0 Å². The number of aryl methyl sites for hydroxylation is 1. The lowest BCUT2D eigenvalue weighted by Crippen LogP contribution is -1.97. The molecule has 0 spiro atoms. The third-order valence-electron chi connectivity index (χ3n) is 1.89. The molecule has 1 N–H and O–H groups in total. The van der Waals surface area contributed by atoms with E-state index >= 15 is 0 Å². The van der Waals surface area contributed by atoms with Crippen molar-refractivity contribution in [3.05, 3.63) is 40.9 Å². The number of rotatable bonds is 3. The molecule has 1 aromatic carbocycles. The highest BCUT2D eigenvalue weighted by Crippen LogP contribution is 2.11. The van der Waals surface area contributed by atoms with Gasteiger partial charge in [-0.1, -0.05) is 16.6 Å². The maximum Gasteiger partial charge on any atom is 0.0671 e. The molecule has 0 aliphatic heterocycles. The first-order chi connectivity index (χ1) is 6.84. The van der Waals surface area contributed by atoms with Gasteiger partial charge >= 0.3 is 0 Å². The molecule has 0 aliphatic carbocycles. The quantitative estimate of drug-likeness (QED) is 0.836. The van der Waals surface area contributed by atoms with Gasteiger partial charge in [0.15, 0.2) is 0 Å². The van der Waals surface area contributed by atoms with Crippen LogP contribution < -0.4 is 5.32 Å². The number of nitrogens with zero attached hydrogens (tertiary/aromatic N) is 2. The molecule has 2 aromatic rings. The molecule has 0 aliphatic rings. The highest BCUT2D eigenvalue weighted by molar-refractivity contribution is 7.05. The van der Waals surface area contributed by atoms with E-state index in [1.807, 2.05) is 6.07 Å². The van der Waals surface area contributed by atoms with Crippen LogP contribution in [0.4, 0.5) is 5.69 Å². The summed E-state index contributed by atoms with van der Waals surface area (Å²) in [6.07, 6.45) is 1.79. The SMILES string of the molecule is Cc1cccc(NCc2cnns2)c1. The number of nitrogens with one attached hydrogen (secondary N) is 1. The highest BCUT2D eigenvalue weighted by Gasteiger charge is 1.96. The summed E-state index contributed by atoms with van der Waals surface area (Å²) in [4.78, 5) is 1.14. The van der Waals surface area contributed by atoms with Crippen molar-refractivity contribution in [2.45, 2.75) is 13.5 Å². The first-order valence-electron chi connectivity index (χ1n) is 4.41. The number of hydrogen-bond acceptors (Lipinski definition) is 4. The van der Waals surface area contributed by atoms with Gasteiger partial charge in [-0.3, -0.25) is 0 Å². The van der Waals surface area contributed by atoms with E-state index in [4.69, 9.17) is 0 Å². The van der Waals surface area contributed by atoms with Crippen molar-refractivity contribution in [2.75, 3.05) is 5.32 Å². The zero-order valence-electron chi connectivity index (χ0n) is 7.90. The molecule has 0 unspecified atom stereocenters. The molecule has 0 saturated carbocycles. The largest absolute Gasteiger partial charge is 0.380 e. The summed E-state index contributed by atoms with van der Waals surface area (Å²) in [6, 6.07) is 8.30. The van der Waals surface area contributed by atoms with Crippen LogP contribution in [-0.4, -0.2) is 9.59 Å². The van der Waals surface area contributed by atoms with Gasteiger partial charge in [0.25, 0.3) is 0 Å². The average molecular weight is 205 g/mol. The third-order valence-corrected chi connectivity index (χ3v) is 2.55. The maximum atomic E-state index is 3.80. The van der Waals surface area contributed by atoms with Crippen LogP contribution in [0.1, 0.15) is 10.4 Å². The van der Waals surface area contributed by atoms with Crippen LogP contribution in [0.2, 0.25) is 0 Å². The monoisotopic (exact) mass is 205 g/mol. The Morgan fingerprint density at radius 1 is 1.43 bits per heavy atom. The van der Waals surface area contributed by atoms with E-state index in [1.54, 1.807) is 6.20 Å². The average Bonchev–Trinajstić information content (AvgIpc) is 2.67. The topological polar surface area (TPSA) is 37.8 Å². The molecule has 72 valence electrons. The summed E-state index contributed by atoms with van der Waals surface area (Å²) in [6.45, 7) is 2.88. The zero-order valence-corrected chi connectivity index (χ0v) is 8.71. The molecule has 0 fully saturated rings. The highest BCUT2D eigenvalue weighted by atomic mass is 32.1. The molecule has 0 bridgehead atoms. The molecule has 14 heavy (non-hydrogen) atoms. The third kappa shape index (κ3) is 2.29. The number of anilines is 1. The van der Waals surface area contributed by atoms with Gasteiger partial charge in [0.2, 0.25) is 0 Å². The molecular weight excluding hydrogens is 194 g/mol. The van der Waals surface area contributed by atoms with Crippen molar-refractivity contribution >= 4 is 17.2 Å². The Morgan fingerprint density at radius 2 is 2.36 bits per heavy atom. The summed E-state index contributed by atoms with van der Waals surface area (Å²) >= 11 is 1.42. The maximum absolute atomic E-state index is 3.80. The fraction of sp³-hybridized carbons (Fsp3) is 0.200. The van der Waals surface area contributed by atoms with Crippen LogP contribution in [0, 0.1) is 6.92 Å². The molecule has 1 heterocycles. The summed E-state index contributed by atoms with van der Waals surface area (Å²) < 4.78 is 3.80. The number of aromatic nitrogens is 2. The predicted octanol–water partition coefficient (Wildman–Crippen LogP) is 2.46. The lowest BCUT2D eigenvalue weighted by Gasteiger charge is -2.04. The minimum absolute atomic E-state index is 0.793. The van der Waals surface area contributed by atoms with Crippen molar-refractivity contribution < 1.29 is 0 Å². The van der Waals surface area contributed by atoms with Crippen LogP contribution in [0.3, 0.4) is 0 Å². The summed E-state index contributed by atoms with van der Waals surface area (Å²) in [5, 5.41) is 7.10. The van der Waals surface area contributed by atoms with Gasteiger partial charge in [0.1, 0.15) is 0 Å². The first kappa shape index (κ1) is 9.15. The lowest BCUT2D eigenvalue weighted by atomic mass is 10.2. The van der Waals surface area contributed by atoms with Crippen molar-refractivity contribution in [1.82, 2.24) is 9.59 Å². The van der Waals surface area contributed by atoms with Crippen molar-refractivity contribution in [1.29, 1.82) is 0 Å². The Bertz CT molecular complexity index is 398. The van der Waals surface area contributed by atoms with Crippen LogP contribution in [0.25, 0.3) is 0 Å². The van der Waals surface area contributed by atoms with Crippen LogP contribution in [0.5, 0.6) is 0 Å². The minimum atomic E-state index is 0.793. The standard InChI is InChI=1S/C10H11N3S/c1-8-3-2-4-9(5-8)11-6-10-7-12-13-14-10/h2-5,7,11H,6H2,1H3. The fourth-order valence-corrected chi connectivity index (χ4v) is 1.64. The second-order valence-corrected chi connectivity index (χ2v) is 3.98. The molecule has 3 nitrogen and oxygen atoms in total. The molecule has 4 heteroatoms. The van der Waals surface area contributed by atoms with Gasteiger partial charge in [-0.05, 0) is 36.2 Å². The number of hydrogen-bond donors (Lipinski definition) is 1. The molecule has 0 radical (unpaired) electrons. The van der Waals surface area contributed by atoms with E-state index in [-0.39, 0.29) is 0 Å². The zero-order chi connectivity index (χ0) is 9.80. The molecule has 0 atom stereocenters. The van der Waals surface area contributed by atoms with Crippen LogP contribution >= 0.6 is 11.5 Å².